The van der Waals surface area contributed by atoms with Crippen molar-refractivity contribution in [2.75, 3.05) is 12.0 Å². The van der Waals surface area contributed by atoms with E-state index in [1.54, 1.807) is 17.8 Å². The molecule has 0 saturated heterocycles. The maximum absolute atomic E-state index is 11.7. The highest BCUT2D eigenvalue weighted by molar-refractivity contribution is 7.98. The molecule has 1 aromatic rings. The molecule has 1 aromatic carbocycles. The van der Waals surface area contributed by atoms with Crippen LogP contribution in [0.15, 0.2) is 17.0 Å². The summed E-state index contributed by atoms with van der Waals surface area (Å²) in [6.07, 6.45) is 1.85. The molecular formula is C12H17NO2S. The number of nitrogens with two attached hydrogens (primary N) is 1. The molecule has 0 aliphatic rings. The Balaban J connectivity index is 3.07. The lowest BCUT2D eigenvalue weighted by atomic mass is 10.1. The number of nitrogen functional groups attached to an aromatic ring is 1. The Labute approximate surface area is 100 Å². The van der Waals surface area contributed by atoms with Gasteiger partial charge >= 0.3 is 5.97 Å². The van der Waals surface area contributed by atoms with Crippen LogP contribution in [-0.4, -0.2) is 18.3 Å². The maximum atomic E-state index is 11.7. The Morgan fingerprint density at radius 3 is 2.56 bits per heavy atom. The van der Waals surface area contributed by atoms with Crippen molar-refractivity contribution in [1.29, 1.82) is 0 Å². The molecule has 2 N–H and O–H groups in total. The van der Waals surface area contributed by atoms with E-state index in [4.69, 9.17) is 10.5 Å². The number of anilines is 1. The van der Waals surface area contributed by atoms with E-state index in [-0.39, 0.29) is 12.1 Å². The standard InChI is InChI=1S/C12H17NO2S/c1-7(2)15-12(14)9-5-6-10(16-4)8(3)11(9)13/h5-7H,13H2,1-4H3. The Hall–Kier alpha value is -1.16. The Kier molecular flexibility index (Phi) is 4.24. The van der Waals surface area contributed by atoms with E-state index in [1.807, 2.05) is 33.1 Å². The molecule has 0 unspecified atom stereocenters. The average molecular weight is 239 g/mol. The summed E-state index contributed by atoms with van der Waals surface area (Å²) >= 11 is 1.61. The van der Waals surface area contributed by atoms with Crippen molar-refractivity contribution in [1.82, 2.24) is 0 Å². The van der Waals surface area contributed by atoms with Crippen LogP contribution in [0.25, 0.3) is 0 Å². The van der Waals surface area contributed by atoms with Crippen molar-refractivity contribution < 1.29 is 9.53 Å². The summed E-state index contributed by atoms with van der Waals surface area (Å²) in [5.74, 6) is -0.358. The van der Waals surface area contributed by atoms with E-state index in [2.05, 4.69) is 0 Å². The molecule has 0 fully saturated rings. The zero-order chi connectivity index (χ0) is 12.3. The average Bonchev–Trinajstić information content (AvgIpc) is 2.20. The van der Waals surface area contributed by atoms with Crippen molar-refractivity contribution >= 4 is 23.4 Å². The van der Waals surface area contributed by atoms with E-state index in [0.29, 0.717) is 11.3 Å². The summed E-state index contributed by atoms with van der Waals surface area (Å²) < 4.78 is 5.12. The number of benzene rings is 1. The molecule has 4 heteroatoms. The van der Waals surface area contributed by atoms with Crippen LogP contribution >= 0.6 is 11.8 Å². The second-order valence-corrected chi connectivity index (χ2v) is 4.66. The van der Waals surface area contributed by atoms with Crippen molar-refractivity contribution in [3.05, 3.63) is 23.3 Å². The lowest BCUT2D eigenvalue weighted by Crippen LogP contribution is -2.14. The van der Waals surface area contributed by atoms with E-state index < -0.39 is 0 Å². The molecule has 0 spiro atoms. The van der Waals surface area contributed by atoms with Crippen molar-refractivity contribution in [3.63, 3.8) is 0 Å². The van der Waals surface area contributed by atoms with Crippen molar-refractivity contribution in [3.8, 4) is 0 Å². The normalized spacial score (nSPS) is 10.6. The lowest BCUT2D eigenvalue weighted by Gasteiger charge is -2.13. The molecule has 0 heterocycles. The molecule has 0 atom stereocenters. The second-order valence-electron chi connectivity index (χ2n) is 3.81. The first-order chi connectivity index (χ1) is 7.47. The van der Waals surface area contributed by atoms with E-state index in [9.17, 15) is 4.79 Å². The van der Waals surface area contributed by atoms with Crippen LogP contribution in [-0.2, 0) is 4.74 Å². The van der Waals surface area contributed by atoms with Gasteiger partial charge in [-0.15, -0.1) is 11.8 Å². The molecule has 0 aliphatic carbocycles. The number of hydrogen-bond donors (Lipinski definition) is 1. The highest BCUT2D eigenvalue weighted by atomic mass is 32.2. The van der Waals surface area contributed by atoms with Gasteiger partial charge < -0.3 is 10.5 Å². The minimum atomic E-state index is -0.358. The molecular weight excluding hydrogens is 222 g/mol. The van der Waals surface area contributed by atoms with Crippen LogP contribution in [0.1, 0.15) is 29.8 Å². The number of carbonyl (C=O) groups excluding carboxylic acids is 1. The summed E-state index contributed by atoms with van der Waals surface area (Å²) in [4.78, 5) is 12.8. The molecule has 0 aliphatic heterocycles. The van der Waals surface area contributed by atoms with Crippen molar-refractivity contribution in [2.24, 2.45) is 0 Å². The van der Waals surface area contributed by atoms with E-state index in [1.165, 1.54) is 0 Å². The first-order valence-corrected chi connectivity index (χ1v) is 6.34. The summed E-state index contributed by atoms with van der Waals surface area (Å²) in [6.45, 7) is 5.54. The van der Waals surface area contributed by atoms with Gasteiger partial charge in [-0.25, -0.2) is 4.79 Å². The lowest BCUT2D eigenvalue weighted by molar-refractivity contribution is 0.0379. The Morgan fingerprint density at radius 2 is 2.06 bits per heavy atom. The Bertz CT molecular complexity index is 402. The van der Waals surface area contributed by atoms with Crippen LogP contribution in [0.2, 0.25) is 0 Å². The van der Waals surface area contributed by atoms with Gasteiger partial charge in [-0.3, -0.25) is 0 Å². The van der Waals surface area contributed by atoms with Gasteiger partial charge in [-0.05, 0) is 44.7 Å². The first kappa shape index (κ1) is 12.9. The highest BCUT2D eigenvalue weighted by Gasteiger charge is 2.15. The van der Waals surface area contributed by atoms with Crippen LogP contribution in [0, 0.1) is 6.92 Å². The van der Waals surface area contributed by atoms with Gasteiger partial charge in [0.25, 0.3) is 0 Å². The molecule has 3 nitrogen and oxygen atoms in total. The summed E-state index contributed by atoms with van der Waals surface area (Å²) in [5.41, 5.74) is 7.82. The monoisotopic (exact) mass is 239 g/mol. The van der Waals surface area contributed by atoms with Gasteiger partial charge in [0.05, 0.1) is 17.4 Å². The van der Waals surface area contributed by atoms with Gasteiger partial charge in [-0.2, -0.15) is 0 Å². The molecule has 88 valence electrons. The maximum Gasteiger partial charge on any atom is 0.340 e. The number of hydrogen-bond acceptors (Lipinski definition) is 4. The molecule has 0 saturated carbocycles. The number of rotatable bonds is 3. The molecule has 1 rings (SSSR count). The van der Waals surface area contributed by atoms with Gasteiger partial charge in [0, 0.05) is 4.90 Å². The van der Waals surface area contributed by atoms with Crippen LogP contribution in [0.5, 0.6) is 0 Å². The largest absolute Gasteiger partial charge is 0.459 e. The number of thioether (sulfide) groups is 1. The SMILES string of the molecule is CSc1ccc(C(=O)OC(C)C)c(N)c1C. The third-order valence-electron chi connectivity index (χ3n) is 2.25. The fourth-order valence-electron chi connectivity index (χ4n) is 1.39. The second kappa shape index (κ2) is 5.25. The fraction of sp³-hybridized carbons (Fsp3) is 0.417. The van der Waals surface area contributed by atoms with E-state index >= 15 is 0 Å². The fourth-order valence-corrected chi connectivity index (χ4v) is 2.01. The first-order valence-electron chi connectivity index (χ1n) is 5.11. The summed E-state index contributed by atoms with van der Waals surface area (Å²) in [5, 5.41) is 0. The highest BCUT2D eigenvalue weighted by Crippen LogP contribution is 2.27. The van der Waals surface area contributed by atoms with Crippen molar-refractivity contribution in [2.45, 2.75) is 31.8 Å². The minimum absolute atomic E-state index is 0.132. The van der Waals surface area contributed by atoms with Gasteiger partial charge in [0.2, 0.25) is 0 Å². The predicted octanol–water partition coefficient (Wildman–Crippen LogP) is 2.86. The molecule has 0 radical (unpaired) electrons. The zero-order valence-electron chi connectivity index (χ0n) is 10.0. The quantitative estimate of drug-likeness (QED) is 0.500. The number of carbonyl (C=O) groups is 1. The minimum Gasteiger partial charge on any atom is -0.459 e. The molecule has 0 aromatic heterocycles. The van der Waals surface area contributed by atoms with Gasteiger partial charge in [0.15, 0.2) is 0 Å². The van der Waals surface area contributed by atoms with Crippen LogP contribution in [0.3, 0.4) is 0 Å². The van der Waals surface area contributed by atoms with Crippen LogP contribution in [0.4, 0.5) is 5.69 Å². The van der Waals surface area contributed by atoms with Gasteiger partial charge in [-0.1, -0.05) is 0 Å². The zero-order valence-corrected chi connectivity index (χ0v) is 10.9. The smallest absolute Gasteiger partial charge is 0.340 e. The molecule has 0 amide bonds. The predicted molar refractivity (Wildman–Crippen MR) is 67.9 cm³/mol. The third-order valence-corrected chi connectivity index (χ3v) is 3.13. The van der Waals surface area contributed by atoms with Gasteiger partial charge in [0.1, 0.15) is 0 Å². The Morgan fingerprint density at radius 1 is 1.44 bits per heavy atom. The summed E-state index contributed by atoms with van der Waals surface area (Å²) in [7, 11) is 0. The topological polar surface area (TPSA) is 52.3 Å². The van der Waals surface area contributed by atoms with Crippen LogP contribution < -0.4 is 5.73 Å². The summed E-state index contributed by atoms with van der Waals surface area (Å²) in [6, 6.07) is 3.62. The molecule has 0 bridgehead atoms. The van der Waals surface area contributed by atoms with E-state index in [0.717, 1.165) is 10.5 Å². The molecule has 16 heavy (non-hydrogen) atoms. The third kappa shape index (κ3) is 2.70. The number of ether oxygens (including phenoxy) is 1. The number of esters is 1.